The van der Waals surface area contributed by atoms with Crippen LogP contribution in [0, 0.1) is 13.8 Å². The van der Waals surface area contributed by atoms with E-state index in [0.717, 1.165) is 26.4 Å². The maximum atomic E-state index is 13.0. The summed E-state index contributed by atoms with van der Waals surface area (Å²) in [7, 11) is -3.57. The molecule has 0 aliphatic carbocycles. The minimum atomic E-state index is -3.57. The van der Waals surface area contributed by atoms with Gasteiger partial charge in [0, 0.05) is 32.3 Å². The van der Waals surface area contributed by atoms with Gasteiger partial charge in [0.1, 0.15) is 5.01 Å². The van der Waals surface area contributed by atoms with Crippen LogP contribution in [0.25, 0.3) is 16.3 Å². The van der Waals surface area contributed by atoms with Gasteiger partial charge in [0.2, 0.25) is 15.9 Å². The molecule has 0 spiro atoms. The van der Waals surface area contributed by atoms with Gasteiger partial charge in [-0.3, -0.25) is 4.79 Å². The molecule has 0 saturated carbocycles. The van der Waals surface area contributed by atoms with E-state index >= 15 is 0 Å². The summed E-state index contributed by atoms with van der Waals surface area (Å²) >= 11 is 1.53. The van der Waals surface area contributed by atoms with Crippen LogP contribution in [0.3, 0.4) is 0 Å². The molecule has 30 heavy (non-hydrogen) atoms. The van der Waals surface area contributed by atoms with Crippen molar-refractivity contribution in [3.63, 3.8) is 0 Å². The highest BCUT2D eigenvalue weighted by molar-refractivity contribution is 7.89. The normalized spacial score (nSPS) is 15.9. The third-order valence-electron chi connectivity index (χ3n) is 5.19. The lowest BCUT2D eigenvalue weighted by atomic mass is 10.2. The second-order valence-corrected chi connectivity index (χ2v) is 10.3. The standard InChI is InChI=1S/C22H23N3O3S2/c1-16-7-8-17(2)20(15-16)30(27,28)25-13-11-24(12-14-25)22(26)10-9-21-23-18-5-3-4-6-19(18)29-21/h3-10,15H,11-14H2,1-2H3/b10-9+. The van der Waals surface area contributed by atoms with E-state index in [1.165, 1.54) is 21.7 Å². The van der Waals surface area contributed by atoms with Gasteiger partial charge in [0.05, 0.1) is 15.1 Å². The number of carbonyl (C=O) groups excluding carboxylic acids is 1. The molecule has 4 rings (SSSR count). The first-order valence-corrected chi connectivity index (χ1v) is 12.0. The first kappa shape index (κ1) is 20.7. The first-order chi connectivity index (χ1) is 14.3. The fraction of sp³-hybridized carbons (Fsp3) is 0.273. The molecule has 1 aliphatic heterocycles. The highest BCUT2D eigenvalue weighted by Crippen LogP contribution is 2.24. The summed E-state index contributed by atoms with van der Waals surface area (Å²) in [5, 5.41) is 0.778. The molecule has 0 N–H and O–H groups in total. The summed E-state index contributed by atoms with van der Waals surface area (Å²) in [6.45, 7) is 5.00. The second kappa shape index (κ2) is 8.29. The van der Waals surface area contributed by atoms with Gasteiger partial charge in [-0.2, -0.15) is 4.31 Å². The van der Waals surface area contributed by atoms with E-state index in [1.54, 1.807) is 24.0 Å². The Labute approximate surface area is 180 Å². The highest BCUT2D eigenvalue weighted by atomic mass is 32.2. The zero-order valence-corrected chi connectivity index (χ0v) is 18.5. The molecule has 1 fully saturated rings. The van der Waals surface area contributed by atoms with Gasteiger partial charge in [0.25, 0.3) is 0 Å². The predicted molar refractivity (Wildman–Crippen MR) is 120 cm³/mol. The molecule has 8 heteroatoms. The number of rotatable bonds is 4. The monoisotopic (exact) mass is 441 g/mol. The first-order valence-electron chi connectivity index (χ1n) is 9.74. The molecular formula is C22H23N3O3S2. The molecular weight excluding hydrogens is 418 g/mol. The van der Waals surface area contributed by atoms with Crippen molar-refractivity contribution in [1.29, 1.82) is 0 Å². The van der Waals surface area contributed by atoms with Crippen LogP contribution in [0.4, 0.5) is 0 Å². The summed E-state index contributed by atoms with van der Waals surface area (Å²) in [5.74, 6) is -0.127. The average Bonchev–Trinajstić information content (AvgIpc) is 3.17. The number of piperazine rings is 1. The molecule has 1 aliphatic rings. The van der Waals surface area contributed by atoms with Crippen molar-refractivity contribution in [3.05, 3.63) is 64.7 Å². The second-order valence-electron chi connectivity index (χ2n) is 7.35. The van der Waals surface area contributed by atoms with Crippen molar-refractivity contribution >= 4 is 43.6 Å². The number of hydrogen-bond acceptors (Lipinski definition) is 5. The molecule has 156 valence electrons. The van der Waals surface area contributed by atoms with E-state index in [9.17, 15) is 13.2 Å². The Kier molecular flexibility index (Phi) is 5.73. The van der Waals surface area contributed by atoms with Crippen LogP contribution in [0.1, 0.15) is 16.1 Å². The number of benzene rings is 2. The molecule has 1 amide bonds. The third-order valence-corrected chi connectivity index (χ3v) is 8.23. The van der Waals surface area contributed by atoms with E-state index in [0.29, 0.717) is 18.0 Å². The number of aryl methyl sites for hydroxylation is 2. The van der Waals surface area contributed by atoms with Crippen LogP contribution in [0.2, 0.25) is 0 Å². The quantitative estimate of drug-likeness (QED) is 0.582. The summed E-state index contributed by atoms with van der Waals surface area (Å²) < 4.78 is 28.6. The largest absolute Gasteiger partial charge is 0.337 e. The van der Waals surface area contributed by atoms with Gasteiger partial charge in [-0.15, -0.1) is 11.3 Å². The van der Waals surface area contributed by atoms with E-state index in [-0.39, 0.29) is 19.0 Å². The van der Waals surface area contributed by atoms with Crippen LogP contribution in [-0.2, 0) is 14.8 Å². The maximum Gasteiger partial charge on any atom is 0.246 e. The van der Waals surface area contributed by atoms with Crippen LogP contribution >= 0.6 is 11.3 Å². The summed E-state index contributed by atoms with van der Waals surface area (Å²) in [6, 6.07) is 13.3. The highest BCUT2D eigenvalue weighted by Gasteiger charge is 2.30. The van der Waals surface area contributed by atoms with Crippen molar-refractivity contribution in [2.45, 2.75) is 18.7 Å². The third kappa shape index (κ3) is 4.16. The smallest absolute Gasteiger partial charge is 0.246 e. The van der Waals surface area contributed by atoms with Gasteiger partial charge < -0.3 is 4.90 Å². The maximum absolute atomic E-state index is 13.0. The Balaban J connectivity index is 1.41. The topological polar surface area (TPSA) is 70.6 Å². The fourth-order valence-electron chi connectivity index (χ4n) is 3.48. The summed E-state index contributed by atoms with van der Waals surface area (Å²) in [5.41, 5.74) is 2.56. The van der Waals surface area contributed by atoms with Crippen molar-refractivity contribution in [2.24, 2.45) is 0 Å². The average molecular weight is 442 g/mol. The van der Waals surface area contributed by atoms with Crippen LogP contribution < -0.4 is 0 Å². The lowest BCUT2D eigenvalue weighted by Crippen LogP contribution is -2.50. The zero-order valence-electron chi connectivity index (χ0n) is 16.9. The lowest BCUT2D eigenvalue weighted by molar-refractivity contribution is -0.127. The molecule has 2 aromatic carbocycles. The Morgan fingerprint density at radius 3 is 2.53 bits per heavy atom. The number of thiazole rings is 1. The van der Waals surface area contributed by atoms with Crippen molar-refractivity contribution in [1.82, 2.24) is 14.2 Å². The number of fused-ring (bicyclic) bond motifs is 1. The van der Waals surface area contributed by atoms with Gasteiger partial charge in [-0.25, -0.2) is 13.4 Å². The number of aromatic nitrogens is 1. The van der Waals surface area contributed by atoms with Crippen LogP contribution in [0.5, 0.6) is 0 Å². The molecule has 0 atom stereocenters. The number of sulfonamides is 1. The molecule has 1 saturated heterocycles. The van der Waals surface area contributed by atoms with Gasteiger partial charge in [-0.1, -0.05) is 24.3 Å². The predicted octanol–water partition coefficient (Wildman–Crippen LogP) is 3.46. The minimum Gasteiger partial charge on any atom is -0.337 e. The summed E-state index contributed by atoms with van der Waals surface area (Å²) in [4.78, 5) is 19.1. The number of carbonyl (C=O) groups is 1. The summed E-state index contributed by atoms with van der Waals surface area (Å²) in [6.07, 6.45) is 3.25. The molecule has 6 nitrogen and oxygen atoms in total. The number of nitrogens with zero attached hydrogens (tertiary/aromatic N) is 3. The number of amides is 1. The minimum absolute atomic E-state index is 0.127. The molecule has 3 aromatic rings. The van der Waals surface area contributed by atoms with Crippen molar-refractivity contribution in [3.8, 4) is 0 Å². The zero-order chi connectivity index (χ0) is 21.3. The van der Waals surface area contributed by atoms with Crippen molar-refractivity contribution < 1.29 is 13.2 Å². The lowest BCUT2D eigenvalue weighted by Gasteiger charge is -2.33. The number of hydrogen-bond donors (Lipinski definition) is 0. The van der Waals surface area contributed by atoms with E-state index in [2.05, 4.69) is 4.98 Å². The van der Waals surface area contributed by atoms with Gasteiger partial charge in [0.15, 0.2) is 0 Å². The molecule has 0 bridgehead atoms. The molecule has 1 aromatic heterocycles. The SMILES string of the molecule is Cc1ccc(C)c(S(=O)(=O)N2CCN(C(=O)/C=C/c3nc4ccccc4s3)CC2)c1. The van der Waals surface area contributed by atoms with E-state index < -0.39 is 10.0 Å². The fourth-order valence-corrected chi connectivity index (χ4v) is 6.08. The van der Waals surface area contributed by atoms with Crippen LogP contribution in [-0.4, -0.2) is 54.7 Å². The van der Waals surface area contributed by atoms with Crippen LogP contribution in [0.15, 0.2) is 53.4 Å². The Bertz CT molecular complexity index is 1190. The Morgan fingerprint density at radius 1 is 1.07 bits per heavy atom. The Morgan fingerprint density at radius 2 is 1.80 bits per heavy atom. The molecule has 0 radical (unpaired) electrons. The van der Waals surface area contributed by atoms with Gasteiger partial charge in [-0.05, 0) is 49.2 Å². The van der Waals surface area contributed by atoms with E-state index in [1.807, 2.05) is 43.3 Å². The Hall–Kier alpha value is -2.55. The van der Waals surface area contributed by atoms with Crippen molar-refractivity contribution in [2.75, 3.05) is 26.2 Å². The molecule has 2 heterocycles. The number of para-hydroxylation sites is 1. The van der Waals surface area contributed by atoms with Gasteiger partial charge >= 0.3 is 0 Å². The van der Waals surface area contributed by atoms with E-state index in [4.69, 9.17) is 0 Å². The molecule has 0 unspecified atom stereocenters.